The fraction of sp³-hybridized carbons (Fsp3) is 0.385. The Morgan fingerprint density at radius 3 is 2.66 bits per heavy atom. The van der Waals surface area contributed by atoms with Gasteiger partial charge in [0.1, 0.15) is 11.6 Å². The van der Waals surface area contributed by atoms with Crippen LogP contribution >= 0.6 is 0 Å². The fourth-order valence-corrected chi connectivity index (χ4v) is 4.82. The van der Waals surface area contributed by atoms with Crippen molar-refractivity contribution in [2.24, 2.45) is 5.41 Å². The summed E-state index contributed by atoms with van der Waals surface area (Å²) in [6.45, 7) is 5.97. The number of benzene rings is 1. The summed E-state index contributed by atoms with van der Waals surface area (Å²) in [6.07, 6.45) is 0.983. The molecule has 1 aromatic carbocycles. The maximum Gasteiger partial charge on any atom is 0.310 e. The molecule has 9 heteroatoms. The molecule has 2 aromatic heterocycles. The number of halogens is 1. The second-order valence-electron chi connectivity index (χ2n) is 9.28. The van der Waals surface area contributed by atoms with E-state index in [2.05, 4.69) is 20.5 Å². The molecule has 3 N–H and O–H groups in total. The number of hydrogen-bond acceptors (Lipinski definition) is 5. The first kappa shape index (κ1) is 24.4. The van der Waals surface area contributed by atoms with Crippen LogP contribution in [0.4, 0.5) is 16.0 Å². The van der Waals surface area contributed by atoms with Crippen LogP contribution in [0.1, 0.15) is 53.5 Å². The highest BCUT2D eigenvalue weighted by Crippen LogP contribution is 2.40. The van der Waals surface area contributed by atoms with Crippen LogP contribution in [-0.4, -0.2) is 49.7 Å². The van der Waals surface area contributed by atoms with Crippen molar-refractivity contribution in [2.45, 2.75) is 52.5 Å². The first-order chi connectivity index (χ1) is 16.7. The minimum atomic E-state index is -1.22. The average molecular weight is 480 g/mol. The van der Waals surface area contributed by atoms with Crippen molar-refractivity contribution in [1.29, 1.82) is 0 Å². The number of carboxylic acids is 1. The van der Waals surface area contributed by atoms with Crippen LogP contribution in [0.5, 0.6) is 0 Å². The number of aliphatic carboxylic acids is 1. The van der Waals surface area contributed by atoms with Crippen molar-refractivity contribution in [2.75, 3.05) is 11.9 Å². The van der Waals surface area contributed by atoms with Gasteiger partial charge in [-0.15, -0.1) is 0 Å². The van der Waals surface area contributed by atoms with Crippen LogP contribution in [-0.2, 0) is 11.2 Å². The average Bonchev–Trinajstić information content (AvgIpc) is 3.25. The topological polar surface area (TPSA) is 111 Å². The van der Waals surface area contributed by atoms with E-state index in [4.69, 9.17) is 0 Å². The molecular weight excluding hydrogens is 449 g/mol. The molecule has 0 bridgehead atoms. The number of carbonyl (C=O) groups is 2. The number of nitrogens with zero attached hydrogens (tertiary/aromatic N) is 3. The number of pyridine rings is 1. The van der Waals surface area contributed by atoms with Crippen LogP contribution in [0.25, 0.3) is 0 Å². The normalized spacial score (nSPS) is 20.0. The number of likely N-dealkylation sites (tertiary alicyclic amines) is 1. The van der Waals surface area contributed by atoms with Crippen molar-refractivity contribution in [3.05, 3.63) is 70.8 Å². The Balaban J connectivity index is 1.58. The van der Waals surface area contributed by atoms with Gasteiger partial charge >= 0.3 is 5.97 Å². The third-order valence-electron chi connectivity index (χ3n) is 6.85. The van der Waals surface area contributed by atoms with Crippen molar-refractivity contribution < 1.29 is 19.1 Å². The molecule has 0 unspecified atom stereocenters. The number of hydrogen-bond donors (Lipinski definition) is 3. The van der Waals surface area contributed by atoms with E-state index >= 15 is 0 Å². The van der Waals surface area contributed by atoms with E-state index in [1.165, 1.54) is 12.1 Å². The van der Waals surface area contributed by atoms with E-state index in [-0.39, 0.29) is 43.5 Å². The summed E-state index contributed by atoms with van der Waals surface area (Å²) >= 11 is 0. The first-order valence-corrected chi connectivity index (χ1v) is 11.8. The quantitative estimate of drug-likeness (QED) is 0.456. The summed E-state index contributed by atoms with van der Waals surface area (Å²) in [7, 11) is 0. The van der Waals surface area contributed by atoms with E-state index < -0.39 is 17.2 Å². The molecule has 4 rings (SSSR count). The maximum atomic E-state index is 14.8. The Labute approximate surface area is 203 Å². The third kappa shape index (κ3) is 5.03. The lowest BCUT2D eigenvalue weighted by Gasteiger charge is -2.44. The smallest absolute Gasteiger partial charge is 0.310 e. The summed E-state index contributed by atoms with van der Waals surface area (Å²) in [5.41, 5.74) is 1.22. The number of nitrogens with one attached hydrogen (secondary N) is 2. The second-order valence-corrected chi connectivity index (χ2v) is 9.28. The van der Waals surface area contributed by atoms with Crippen molar-refractivity contribution >= 4 is 23.5 Å². The molecule has 2 atom stereocenters. The molecule has 1 amide bonds. The monoisotopic (exact) mass is 479 g/mol. The molecule has 8 nitrogen and oxygen atoms in total. The predicted molar refractivity (Wildman–Crippen MR) is 130 cm³/mol. The van der Waals surface area contributed by atoms with E-state index in [1.54, 1.807) is 17.0 Å². The molecule has 3 aromatic rings. The number of amides is 1. The van der Waals surface area contributed by atoms with Crippen molar-refractivity contribution in [1.82, 2.24) is 20.1 Å². The SMILES string of the molecule is CC[C@@H]1C[C@](Cc2nc(Nc3cc(C)[nH]n3)ccc2F)(C(=O)O)CCN1C(=O)c1ccccc1C. The molecule has 0 saturated carbocycles. The lowest BCUT2D eigenvalue weighted by Crippen LogP contribution is -2.53. The number of aromatic nitrogens is 3. The molecule has 1 aliphatic rings. The highest BCUT2D eigenvalue weighted by Gasteiger charge is 2.47. The van der Waals surface area contributed by atoms with Gasteiger partial charge in [0.15, 0.2) is 5.82 Å². The maximum absolute atomic E-state index is 14.8. The molecule has 3 heterocycles. The first-order valence-electron chi connectivity index (χ1n) is 11.8. The van der Waals surface area contributed by atoms with Crippen LogP contribution in [0, 0.1) is 25.1 Å². The molecule has 0 spiro atoms. The number of H-pyrrole nitrogens is 1. The second kappa shape index (κ2) is 9.85. The zero-order valence-corrected chi connectivity index (χ0v) is 20.1. The fourth-order valence-electron chi connectivity index (χ4n) is 4.82. The summed E-state index contributed by atoms with van der Waals surface area (Å²) < 4.78 is 14.8. The van der Waals surface area contributed by atoms with Crippen LogP contribution in [0.3, 0.4) is 0 Å². The Hall–Kier alpha value is -3.75. The summed E-state index contributed by atoms with van der Waals surface area (Å²) in [5, 5.41) is 20.2. The summed E-state index contributed by atoms with van der Waals surface area (Å²) in [6, 6.07) is 11.7. The Bertz CT molecular complexity index is 1240. The number of carbonyl (C=O) groups excluding carboxylic acids is 1. The number of rotatable bonds is 7. The predicted octanol–water partition coefficient (Wildman–Crippen LogP) is 4.63. The van der Waals surface area contributed by atoms with Gasteiger partial charge in [0.25, 0.3) is 5.91 Å². The number of aromatic amines is 1. The highest BCUT2D eigenvalue weighted by atomic mass is 19.1. The van der Waals surface area contributed by atoms with Crippen LogP contribution in [0.15, 0.2) is 42.5 Å². The standard InChI is InChI=1S/C26H30FN5O3/c1-4-18-14-26(25(34)35,11-12-32(18)24(33)19-8-6-5-7-16(19)2)15-21-20(27)9-10-22(28-21)29-23-13-17(3)30-31-23/h5-10,13,18H,4,11-12,14-15H2,1-3H3,(H,34,35)(H2,28,29,30,31)/t18-,26-/m1/s1. The Morgan fingerprint density at radius 2 is 2.00 bits per heavy atom. The third-order valence-corrected chi connectivity index (χ3v) is 6.85. The van der Waals surface area contributed by atoms with Gasteiger partial charge in [0.2, 0.25) is 0 Å². The van der Waals surface area contributed by atoms with Gasteiger partial charge < -0.3 is 15.3 Å². The van der Waals surface area contributed by atoms with E-state index in [9.17, 15) is 19.1 Å². The van der Waals surface area contributed by atoms with Gasteiger partial charge in [0.05, 0.1) is 11.1 Å². The zero-order valence-electron chi connectivity index (χ0n) is 20.1. The molecular formula is C26H30FN5O3. The number of anilines is 2. The molecule has 0 radical (unpaired) electrons. The van der Waals surface area contributed by atoms with Crippen LogP contribution in [0.2, 0.25) is 0 Å². The molecule has 1 aliphatic heterocycles. The number of aryl methyl sites for hydroxylation is 2. The minimum Gasteiger partial charge on any atom is -0.481 e. The molecule has 35 heavy (non-hydrogen) atoms. The van der Waals surface area contributed by atoms with E-state index in [1.807, 2.05) is 39.0 Å². The molecule has 1 saturated heterocycles. The molecule has 0 aliphatic carbocycles. The number of piperidine rings is 1. The van der Waals surface area contributed by atoms with Crippen LogP contribution < -0.4 is 5.32 Å². The highest BCUT2D eigenvalue weighted by molar-refractivity contribution is 5.96. The van der Waals surface area contributed by atoms with Gasteiger partial charge in [-0.1, -0.05) is 25.1 Å². The largest absolute Gasteiger partial charge is 0.481 e. The number of carboxylic acid groups (broad SMARTS) is 1. The minimum absolute atomic E-state index is 0.0633. The van der Waals surface area contributed by atoms with Crippen molar-refractivity contribution in [3.8, 4) is 0 Å². The summed E-state index contributed by atoms with van der Waals surface area (Å²) in [5.74, 6) is -0.733. The Morgan fingerprint density at radius 1 is 1.23 bits per heavy atom. The molecule has 184 valence electrons. The van der Waals surface area contributed by atoms with Gasteiger partial charge in [-0.05, 0) is 56.9 Å². The van der Waals surface area contributed by atoms with Gasteiger partial charge in [-0.3, -0.25) is 14.7 Å². The van der Waals surface area contributed by atoms with Gasteiger partial charge in [0, 0.05) is 36.3 Å². The molecule has 1 fully saturated rings. The van der Waals surface area contributed by atoms with Crippen molar-refractivity contribution in [3.63, 3.8) is 0 Å². The zero-order chi connectivity index (χ0) is 25.2. The van der Waals surface area contributed by atoms with E-state index in [0.29, 0.717) is 23.6 Å². The Kier molecular flexibility index (Phi) is 6.86. The lowest BCUT2D eigenvalue weighted by molar-refractivity contribution is -0.153. The van der Waals surface area contributed by atoms with Gasteiger partial charge in [-0.2, -0.15) is 5.10 Å². The summed E-state index contributed by atoms with van der Waals surface area (Å²) in [4.78, 5) is 32.0. The van der Waals surface area contributed by atoms with Gasteiger partial charge in [-0.25, -0.2) is 9.37 Å². The lowest BCUT2D eigenvalue weighted by atomic mass is 9.71. The van der Waals surface area contributed by atoms with E-state index in [0.717, 1.165) is 11.3 Å².